The molecule has 4 N–H and O–H groups in total. The standard InChI is InChI=1S/C25H29N4O4P/c26-17-6-8-18(9-7-17)27-19-12-13-29-20(14-19)10-11-21(25(29)32)24(31)28-22(15-23(30)33-34)16-4-2-1-3-5-16/h1-5,10-14,17-18,22,27H,6-9,15,26,34H2,(H,28,31). The molecule has 1 aliphatic carbocycles. The van der Waals surface area contributed by atoms with Crippen LogP contribution >= 0.6 is 9.47 Å². The summed E-state index contributed by atoms with van der Waals surface area (Å²) in [5.74, 6) is -1.04. The SMILES string of the molecule is NC1CCC(Nc2ccn3c(=O)c(C(=O)NC(CC(=O)OP)c4ccccc4)ccc3c2)CC1. The second-order valence-corrected chi connectivity index (χ2v) is 8.88. The molecule has 0 aliphatic heterocycles. The van der Waals surface area contributed by atoms with Crippen molar-refractivity contribution in [3.05, 3.63) is 82.3 Å². The Balaban J connectivity index is 1.53. The van der Waals surface area contributed by atoms with E-state index in [0.717, 1.165) is 36.9 Å². The Morgan fingerprint density at radius 2 is 1.82 bits per heavy atom. The maximum absolute atomic E-state index is 13.1. The number of aromatic nitrogens is 1. The lowest BCUT2D eigenvalue weighted by atomic mass is 9.92. The first-order chi connectivity index (χ1) is 16.4. The Morgan fingerprint density at radius 1 is 1.09 bits per heavy atom. The number of anilines is 1. The first-order valence-electron chi connectivity index (χ1n) is 11.4. The van der Waals surface area contributed by atoms with E-state index in [1.807, 2.05) is 51.9 Å². The Labute approximate surface area is 200 Å². The highest BCUT2D eigenvalue weighted by Crippen LogP contribution is 2.22. The monoisotopic (exact) mass is 480 g/mol. The minimum Gasteiger partial charge on any atom is -0.451 e. The molecular formula is C25H29N4O4P. The molecular weight excluding hydrogens is 451 g/mol. The molecule has 8 nitrogen and oxygen atoms in total. The van der Waals surface area contributed by atoms with Crippen LogP contribution in [0.15, 0.2) is 65.6 Å². The first-order valence-corrected chi connectivity index (χ1v) is 11.8. The molecule has 9 heteroatoms. The number of fused-ring (bicyclic) bond motifs is 1. The maximum Gasteiger partial charge on any atom is 0.310 e. The number of amides is 1. The van der Waals surface area contributed by atoms with Gasteiger partial charge in [-0.25, -0.2) is 0 Å². The molecule has 2 unspecified atom stereocenters. The van der Waals surface area contributed by atoms with Gasteiger partial charge in [-0.2, -0.15) is 0 Å². The van der Waals surface area contributed by atoms with E-state index in [1.54, 1.807) is 12.3 Å². The molecule has 1 aliphatic rings. The van der Waals surface area contributed by atoms with E-state index >= 15 is 0 Å². The Morgan fingerprint density at radius 3 is 2.53 bits per heavy atom. The zero-order valence-corrected chi connectivity index (χ0v) is 19.9. The van der Waals surface area contributed by atoms with E-state index in [1.165, 1.54) is 10.5 Å². The van der Waals surface area contributed by atoms with E-state index in [-0.39, 0.29) is 18.0 Å². The van der Waals surface area contributed by atoms with Crippen LogP contribution in [-0.2, 0) is 9.32 Å². The fourth-order valence-corrected chi connectivity index (χ4v) is 4.45. The highest BCUT2D eigenvalue weighted by atomic mass is 31.0. The fourth-order valence-electron chi connectivity index (χ4n) is 4.35. The van der Waals surface area contributed by atoms with E-state index < -0.39 is 23.5 Å². The lowest BCUT2D eigenvalue weighted by Crippen LogP contribution is -2.35. The minimum atomic E-state index is -0.628. The van der Waals surface area contributed by atoms with Gasteiger partial charge in [0, 0.05) is 24.0 Å². The molecule has 1 aromatic carbocycles. The normalized spacial score (nSPS) is 18.8. The number of carbonyl (C=O) groups is 2. The summed E-state index contributed by atoms with van der Waals surface area (Å²) in [6, 6.07) is 16.1. The number of pyridine rings is 2. The van der Waals surface area contributed by atoms with Crippen molar-refractivity contribution in [2.75, 3.05) is 5.32 Å². The molecule has 2 aromatic heterocycles. The van der Waals surface area contributed by atoms with Crippen molar-refractivity contribution < 1.29 is 14.1 Å². The Bertz CT molecular complexity index is 1220. The topological polar surface area (TPSA) is 115 Å². The minimum absolute atomic E-state index is 0.000325. The molecule has 34 heavy (non-hydrogen) atoms. The molecule has 1 fully saturated rings. The first kappa shape index (κ1) is 23.9. The van der Waals surface area contributed by atoms with Gasteiger partial charge in [-0.1, -0.05) is 30.3 Å². The number of hydrogen-bond donors (Lipinski definition) is 3. The van der Waals surface area contributed by atoms with Crippen molar-refractivity contribution in [1.29, 1.82) is 0 Å². The van der Waals surface area contributed by atoms with E-state index in [9.17, 15) is 14.4 Å². The molecule has 0 bridgehead atoms. The van der Waals surface area contributed by atoms with Gasteiger partial charge in [0.15, 0.2) is 0 Å². The predicted molar refractivity (Wildman–Crippen MR) is 135 cm³/mol. The lowest BCUT2D eigenvalue weighted by molar-refractivity contribution is -0.133. The quantitative estimate of drug-likeness (QED) is 0.448. The molecule has 0 radical (unpaired) electrons. The molecule has 2 atom stereocenters. The summed E-state index contributed by atoms with van der Waals surface area (Å²) in [5, 5.41) is 6.33. The summed E-state index contributed by atoms with van der Waals surface area (Å²) in [4.78, 5) is 38.0. The van der Waals surface area contributed by atoms with Crippen molar-refractivity contribution in [1.82, 2.24) is 9.72 Å². The summed E-state index contributed by atoms with van der Waals surface area (Å²) in [6.07, 6.45) is 5.65. The van der Waals surface area contributed by atoms with Gasteiger partial charge in [-0.05, 0) is 55.5 Å². The molecule has 2 heterocycles. The van der Waals surface area contributed by atoms with Crippen LogP contribution in [0.5, 0.6) is 0 Å². The number of hydrogen-bond acceptors (Lipinski definition) is 6. The second kappa shape index (κ2) is 10.8. The summed E-state index contributed by atoms with van der Waals surface area (Å²) in [7, 11) is 1.91. The van der Waals surface area contributed by atoms with E-state index in [2.05, 4.69) is 10.6 Å². The van der Waals surface area contributed by atoms with Crippen LogP contribution in [0, 0.1) is 0 Å². The third-order valence-electron chi connectivity index (χ3n) is 6.25. The van der Waals surface area contributed by atoms with Crippen LogP contribution in [0.2, 0.25) is 0 Å². The van der Waals surface area contributed by atoms with Gasteiger partial charge in [-0.3, -0.25) is 18.8 Å². The zero-order valence-electron chi connectivity index (χ0n) is 18.8. The van der Waals surface area contributed by atoms with Crippen molar-refractivity contribution in [2.45, 2.75) is 50.2 Å². The van der Waals surface area contributed by atoms with Gasteiger partial charge < -0.3 is 20.9 Å². The molecule has 1 amide bonds. The van der Waals surface area contributed by atoms with Gasteiger partial charge in [-0.15, -0.1) is 0 Å². The number of carbonyl (C=O) groups excluding carboxylic acids is 2. The molecule has 4 rings (SSSR count). The van der Waals surface area contributed by atoms with Gasteiger partial charge in [0.2, 0.25) is 0 Å². The molecule has 3 aromatic rings. The van der Waals surface area contributed by atoms with Crippen LogP contribution in [0.4, 0.5) is 5.69 Å². The van der Waals surface area contributed by atoms with E-state index in [0.29, 0.717) is 11.6 Å². The van der Waals surface area contributed by atoms with Crippen LogP contribution in [0.1, 0.15) is 54.1 Å². The largest absolute Gasteiger partial charge is 0.451 e. The van der Waals surface area contributed by atoms with Crippen LogP contribution in [0.3, 0.4) is 0 Å². The molecule has 0 spiro atoms. The van der Waals surface area contributed by atoms with Crippen molar-refractivity contribution in [2.24, 2.45) is 5.73 Å². The van der Waals surface area contributed by atoms with Crippen molar-refractivity contribution in [3.8, 4) is 0 Å². The van der Waals surface area contributed by atoms with Gasteiger partial charge >= 0.3 is 5.97 Å². The smallest absolute Gasteiger partial charge is 0.310 e. The van der Waals surface area contributed by atoms with Crippen molar-refractivity contribution >= 4 is 32.5 Å². The van der Waals surface area contributed by atoms with Gasteiger partial charge in [0.05, 0.1) is 27.4 Å². The number of nitrogens with zero attached hydrogens (tertiary/aromatic N) is 1. The van der Waals surface area contributed by atoms with Crippen molar-refractivity contribution in [3.63, 3.8) is 0 Å². The third kappa shape index (κ3) is 5.64. The Kier molecular flexibility index (Phi) is 7.60. The molecule has 0 saturated heterocycles. The van der Waals surface area contributed by atoms with Crippen LogP contribution in [-0.4, -0.2) is 28.4 Å². The summed E-state index contributed by atoms with van der Waals surface area (Å²) >= 11 is 0. The lowest BCUT2D eigenvalue weighted by Gasteiger charge is -2.27. The van der Waals surface area contributed by atoms with E-state index in [4.69, 9.17) is 10.3 Å². The number of nitrogens with two attached hydrogens (primary N) is 1. The summed E-state index contributed by atoms with van der Waals surface area (Å²) in [6.45, 7) is 0. The fraction of sp³-hybridized carbons (Fsp3) is 0.320. The van der Waals surface area contributed by atoms with Gasteiger partial charge in [0.1, 0.15) is 5.56 Å². The summed E-state index contributed by atoms with van der Waals surface area (Å²) in [5.41, 5.74) is 7.92. The highest BCUT2D eigenvalue weighted by Gasteiger charge is 2.22. The average molecular weight is 481 g/mol. The van der Waals surface area contributed by atoms with Gasteiger partial charge in [0.25, 0.3) is 11.5 Å². The Hall–Kier alpha value is -3.22. The summed E-state index contributed by atoms with van der Waals surface area (Å²) < 4.78 is 6.14. The third-order valence-corrected chi connectivity index (χ3v) is 6.51. The second-order valence-electron chi connectivity index (χ2n) is 8.65. The molecule has 178 valence electrons. The van der Waals surface area contributed by atoms with Crippen LogP contribution in [0.25, 0.3) is 5.52 Å². The maximum atomic E-state index is 13.1. The number of rotatable bonds is 7. The predicted octanol–water partition coefficient (Wildman–Crippen LogP) is 3.18. The number of benzene rings is 1. The highest BCUT2D eigenvalue weighted by molar-refractivity contribution is 7.10. The zero-order chi connectivity index (χ0) is 24.1. The molecule has 1 saturated carbocycles. The number of nitrogens with one attached hydrogen (secondary N) is 2. The van der Waals surface area contributed by atoms with Crippen LogP contribution < -0.4 is 21.9 Å². The average Bonchev–Trinajstić information content (AvgIpc) is 2.85.